The van der Waals surface area contributed by atoms with Crippen molar-refractivity contribution in [1.29, 1.82) is 0 Å². The van der Waals surface area contributed by atoms with Crippen molar-refractivity contribution in [2.75, 3.05) is 52.9 Å². The molecule has 28 heavy (non-hydrogen) atoms. The van der Waals surface area contributed by atoms with Gasteiger partial charge in [-0.05, 0) is 50.9 Å². The van der Waals surface area contributed by atoms with Gasteiger partial charge >= 0.3 is 0 Å². The van der Waals surface area contributed by atoms with Crippen LogP contribution in [0.5, 0.6) is 0 Å². The van der Waals surface area contributed by atoms with Crippen LogP contribution >= 0.6 is 24.8 Å². The Labute approximate surface area is 182 Å². The first-order chi connectivity index (χ1) is 12.7. The molecule has 2 heterocycles. The van der Waals surface area contributed by atoms with Crippen LogP contribution in [0.15, 0.2) is 24.3 Å². The van der Waals surface area contributed by atoms with E-state index in [1.807, 2.05) is 7.05 Å². The van der Waals surface area contributed by atoms with Crippen LogP contribution in [0, 0.1) is 6.92 Å². The maximum Gasteiger partial charge on any atom is 0.236 e. The molecular weight excluding hydrogens is 395 g/mol. The van der Waals surface area contributed by atoms with Crippen LogP contribution in [0.25, 0.3) is 0 Å². The average molecular weight is 431 g/mol. The van der Waals surface area contributed by atoms with Crippen LogP contribution in [-0.4, -0.2) is 79.5 Å². The van der Waals surface area contributed by atoms with Crippen molar-refractivity contribution < 1.29 is 4.79 Å². The highest BCUT2D eigenvalue weighted by Gasteiger charge is 2.24. The van der Waals surface area contributed by atoms with E-state index in [2.05, 4.69) is 51.2 Å². The van der Waals surface area contributed by atoms with Gasteiger partial charge in [0.2, 0.25) is 5.91 Å². The van der Waals surface area contributed by atoms with Crippen molar-refractivity contribution in [1.82, 2.24) is 20.0 Å². The molecule has 1 aromatic rings. The summed E-state index contributed by atoms with van der Waals surface area (Å²) in [6, 6.07) is 9.15. The molecule has 2 saturated heterocycles. The zero-order valence-electron chi connectivity index (χ0n) is 17.2. The molecular formula is C21H36Cl2N4O. The lowest BCUT2D eigenvalue weighted by molar-refractivity contribution is -0.132. The van der Waals surface area contributed by atoms with Crippen LogP contribution in [0.3, 0.4) is 0 Å². The summed E-state index contributed by atoms with van der Waals surface area (Å²) in [6.07, 6.45) is 3.47. The molecule has 1 unspecified atom stereocenters. The molecule has 160 valence electrons. The highest BCUT2D eigenvalue weighted by molar-refractivity contribution is 5.85. The summed E-state index contributed by atoms with van der Waals surface area (Å²) in [5.41, 5.74) is 2.76. The van der Waals surface area contributed by atoms with Crippen LogP contribution in [-0.2, 0) is 11.3 Å². The molecule has 0 aliphatic carbocycles. The zero-order chi connectivity index (χ0) is 18.4. The second-order valence-corrected chi connectivity index (χ2v) is 7.80. The fourth-order valence-electron chi connectivity index (χ4n) is 4.13. The molecule has 0 saturated carbocycles. The van der Waals surface area contributed by atoms with E-state index in [4.69, 9.17) is 0 Å². The minimum atomic E-state index is 0. The van der Waals surface area contributed by atoms with Gasteiger partial charge in [0.25, 0.3) is 0 Å². The first-order valence-electron chi connectivity index (χ1n) is 10.1. The summed E-state index contributed by atoms with van der Waals surface area (Å²) in [7, 11) is 2.02. The summed E-state index contributed by atoms with van der Waals surface area (Å²) >= 11 is 0. The van der Waals surface area contributed by atoms with Gasteiger partial charge in [0, 0.05) is 45.3 Å². The van der Waals surface area contributed by atoms with Gasteiger partial charge in [-0.25, -0.2) is 0 Å². The number of likely N-dealkylation sites (tertiary alicyclic amines) is 1. The number of carbonyl (C=O) groups excluding carboxylic acids is 1. The maximum atomic E-state index is 12.8. The molecule has 1 aromatic carbocycles. The average Bonchev–Trinajstić information content (AvgIpc) is 2.89. The van der Waals surface area contributed by atoms with E-state index >= 15 is 0 Å². The molecule has 0 radical (unpaired) electrons. The summed E-state index contributed by atoms with van der Waals surface area (Å²) in [5, 5.41) is 3.36. The number of hydrogen-bond donors (Lipinski definition) is 1. The zero-order valence-corrected chi connectivity index (χ0v) is 18.9. The van der Waals surface area contributed by atoms with Gasteiger partial charge in [-0.2, -0.15) is 0 Å². The lowest BCUT2D eigenvalue weighted by Crippen LogP contribution is -2.49. The van der Waals surface area contributed by atoms with Gasteiger partial charge in [-0.3, -0.25) is 14.6 Å². The maximum absolute atomic E-state index is 12.8. The fraction of sp³-hybridized carbons (Fsp3) is 0.667. The van der Waals surface area contributed by atoms with Crippen molar-refractivity contribution in [2.45, 2.75) is 38.8 Å². The van der Waals surface area contributed by atoms with E-state index in [0.717, 1.165) is 52.2 Å². The van der Waals surface area contributed by atoms with Crippen LogP contribution in [0.1, 0.15) is 30.4 Å². The minimum Gasteiger partial charge on any atom is -0.340 e. The number of aryl methyl sites for hydroxylation is 1. The monoisotopic (exact) mass is 430 g/mol. The lowest BCUT2D eigenvalue weighted by atomic mass is 10.1. The van der Waals surface area contributed by atoms with Gasteiger partial charge in [0.15, 0.2) is 0 Å². The second-order valence-electron chi connectivity index (χ2n) is 7.80. The first-order valence-corrected chi connectivity index (χ1v) is 10.1. The third-order valence-corrected chi connectivity index (χ3v) is 5.87. The molecule has 1 N–H and O–H groups in total. The number of piperidine rings is 1. The summed E-state index contributed by atoms with van der Waals surface area (Å²) < 4.78 is 0. The predicted octanol–water partition coefficient (Wildman–Crippen LogP) is 2.56. The SMILES string of the molecule is CNC1CCCN(CC(=O)N2CCCN(Cc3ccccc3C)CC2)C1.Cl.Cl. The van der Waals surface area contributed by atoms with Crippen LogP contribution in [0.4, 0.5) is 0 Å². The van der Waals surface area contributed by atoms with Crippen molar-refractivity contribution >= 4 is 30.7 Å². The topological polar surface area (TPSA) is 38.8 Å². The quantitative estimate of drug-likeness (QED) is 0.778. The number of nitrogens with one attached hydrogen (secondary N) is 1. The lowest BCUT2D eigenvalue weighted by Gasteiger charge is -2.33. The number of hydrogen-bond acceptors (Lipinski definition) is 4. The van der Waals surface area contributed by atoms with Gasteiger partial charge in [0.05, 0.1) is 6.54 Å². The predicted molar refractivity (Wildman–Crippen MR) is 121 cm³/mol. The Morgan fingerprint density at radius 1 is 1.04 bits per heavy atom. The Hall–Kier alpha value is -0.850. The van der Waals surface area contributed by atoms with Crippen molar-refractivity contribution in [3.63, 3.8) is 0 Å². The Balaban J connectivity index is 0.00000196. The van der Waals surface area contributed by atoms with E-state index in [0.29, 0.717) is 18.5 Å². The molecule has 0 spiro atoms. The van der Waals surface area contributed by atoms with E-state index in [9.17, 15) is 4.79 Å². The standard InChI is InChI=1S/C21H34N4O.2ClH/c1-18-7-3-4-8-19(18)15-23-11-6-12-25(14-13-23)21(26)17-24-10-5-9-20(16-24)22-2;;/h3-4,7-8,20,22H,5-6,9-17H2,1-2H3;2*1H. The number of benzene rings is 1. The fourth-order valence-corrected chi connectivity index (χ4v) is 4.13. The number of carbonyl (C=O) groups is 1. The molecule has 5 nitrogen and oxygen atoms in total. The van der Waals surface area contributed by atoms with Crippen LogP contribution in [0.2, 0.25) is 0 Å². The largest absolute Gasteiger partial charge is 0.340 e. The van der Waals surface area contributed by atoms with Crippen molar-refractivity contribution in [2.24, 2.45) is 0 Å². The van der Waals surface area contributed by atoms with Gasteiger partial charge in [-0.15, -0.1) is 24.8 Å². The van der Waals surface area contributed by atoms with E-state index in [1.165, 1.54) is 24.0 Å². The molecule has 1 amide bonds. The van der Waals surface area contributed by atoms with Gasteiger partial charge < -0.3 is 10.2 Å². The number of rotatable bonds is 5. The Morgan fingerprint density at radius 2 is 1.79 bits per heavy atom. The highest BCUT2D eigenvalue weighted by atomic mass is 35.5. The molecule has 3 rings (SSSR count). The highest BCUT2D eigenvalue weighted by Crippen LogP contribution is 2.14. The Bertz CT molecular complexity index is 602. The summed E-state index contributed by atoms with van der Waals surface area (Å²) in [4.78, 5) is 19.7. The van der Waals surface area contributed by atoms with E-state index in [1.54, 1.807) is 0 Å². The number of nitrogens with zero attached hydrogens (tertiary/aromatic N) is 3. The summed E-state index contributed by atoms with van der Waals surface area (Å²) in [5.74, 6) is 0.305. The number of likely N-dealkylation sites (N-methyl/N-ethyl adjacent to an activating group) is 1. The minimum absolute atomic E-state index is 0. The van der Waals surface area contributed by atoms with Crippen molar-refractivity contribution in [3.8, 4) is 0 Å². The number of halogens is 2. The normalized spacial score (nSPS) is 21.4. The molecule has 0 aromatic heterocycles. The third kappa shape index (κ3) is 7.20. The molecule has 2 aliphatic heterocycles. The van der Waals surface area contributed by atoms with Gasteiger partial charge in [0.1, 0.15) is 0 Å². The second kappa shape index (κ2) is 12.7. The smallest absolute Gasteiger partial charge is 0.236 e. The Kier molecular flexibility index (Phi) is 11.4. The van der Waals surface area contributed by atoms with Crippen LogP contribution < -0.4 is 5.32 Å². The van der Waals surface area contributed by atoms with E-state index < -0.39 is 0 Å². The molecule has 2 aliphatic rings. The molecule has 2 fully saturated rings. The van der Waals surface area contributed by atoms with Crippen molar-refractivity contribution in [3.05, 3.63) is 35.4 Å². The molecule has 0 bridgehead atoms. The Morgan fingerprint density at radius 3 is 2.54 bits per heavy atom. The molecule has 1 atom stereocenters. The number of amides is 1. The summed E-state index contributed by atoms with van der Waals surface area (Å²) in [6.45, 7) is 9.59. The van der Waals surface area contributed by atoms with E-state index in [-0.39, 0.29) is 24.8 Å². The van der Waals surface area contributed by atoms with Gasteiger partial charge in [-0.1, -0.05) is 24.3 Å². The molecule has 7 heteroatoms. The first kappa shape index (κ1) is 25.2. The third-order valence-electron chi connectivity index (χ3n) is 5.87.